The van der Waals surface area contributed by atoms with Crippen LogP contribution < -0.4 is 5.01 Å². The van der Waals surface area contributed by atoms with Gasteiger partial charge in [0.15, 0.2) is 0 Å². The molecule has 3 aromatic carbocycles. The molecule has 0 radical (unpaired) electrons. The Morgan fingerprint density at radius 2 is 1.50 bits per heavy atom. The molecule has 4 rings (SSSR count). The zero-order valence-electron chi connectivity index (χ0n) is 15.9. The normalized spacial score (nSPS) is 16.1. The number of carboxylic acid groups (broad SMARTS) is 1. The molecule has 1 N–H and O–H groups in total. The van der Waals surface area contributed by atoms with Crippen molar-refractivity contribution in [3.63, 3.8) is 0 Å². The lowest BCUT2D eigenvalue weighted by Crippen LogP contribution is -2.18. The van der Waals surface area contributed by atoms with Crippen molar-refractivity contribution in [2.45, 2.75) is 12.5 Å². The summed E-state index contributed by atoms with van der Waals surface area (Å²) in [6.45, 7) is 0. The second kappa shape index (κ2) is 8.74. The molecule has 0 aliphatic carbocycles. The lowest BCUT2D eigenvalue weighted by molar-refractivity contribution is 0.0697. The Hall–Kier alpha value is -3.08. The van der Waals surface area contributed by atoms with Gasteiger partial charge in [-0.05, 0) is 65.7 Å². The second-order valence-electron chi connectivity index (χ2n) is 6.94. The fourth-order valence-electron chi connectivity index (χ4n) is 3.34. The summed E-state index contributed by atoms with van der Waals surface area (Å²) in [7, 11) is 0. The molecule has 1 aliphatic heterocycles. The third kappa shape index (κ3) is 4.56. The molecule has 0 aromatic heterocycles. The zero-order chi connectivity index (χ0) is 21.1. The van der Waals surface area contributed by atoms with Crippen LogP contribution in [0.3, 0.4) is 0 Å². The van der Waals surface area contributed by atoms with Gasteiger partial charge in [-0.1, -0.05) is 53.5 Å². The number of halogens is 2. The highest BCUT2D eigenvalue weighted by Gasteiger charge is 2.28. The van der Waals surface area contributed by atoms with E-state index < -0.39 is 5.97 Å². The summed E-state index contributed by atoms with van der Waals surface area (Å²) in [5.74, 6) is -0.952. The lowest BCUT2D eigenvalue weighted by Gasteiger charge is -2.24. The molecular formula is C24H18Cl2N2O2. The molecule has 0 fully saturated rings. The minimum Gasteiger partial charge on any atom is -0.478 e. The van der Waals surface area contributed by atoms with E-state index >= 15 is 0 Å². The molecule has 0 spiro atoms. The Balaban J connectivity index is 1.65. The van der Waals surface area contributed by atoms with E-state index in [0.29, 0.717) is 16.5 Å². The number of nitrogens with zero attached hydrogens (tertiary/aromatic N) is 2. The smallest absolute Gasteiger partial charge is 0.335 e. The van der Waals surface area contributed by atoms with Crippen molar-refractivity contribution in [3.05, 3.63) is 106 Å². The van der Waals surface area contributed by atoms with Gasteiger partial charge in [0.05, 0.1) is 23.0 Å². The van der Waals surface area contributed by atoms with Gasteiger partial charge in [-0.25, -0.2) is 4.79 Å². The highest BCUT2D eigenvalue weighted by Crippen LogP contribution is 2.36. The molecule has 0 amide bonds. The Kier molecular flexibility index (Phi) is 5.88. The van der Waals surface area contributed by atoms with E-state index in [2.05, 4.69) is 0 Å². The molecule has 6 heteroatoms. The van der Waals surface area contributed by atoms with E-state index in [0.717, 1.165) is 22.5 Å². The average molecular weight is 437 g/mol. The summed E-state index contributed by atoms with van der Waals surface area (Å²) in [4.78, 5) is 11.2. The maximum atomic E-state index is 11.2. The van der Waals surface area contributed by atoms with Crippen LogP contribution in [0.1, 0.15) is 33.9 Å². The first-order valence-corrected chi connectivity index (χ1v) is 10.1. The molecule has 1 heterocycles. The van der Waals surface area contributed by atoms with Crippen molar-refractivity contribution in [2.75, 3.05) is 5.01 Å². The molecule has 150 valence electrons. The summed E-state index contributed by atoms with van der Waals surface area (Å²) in [5, 5.41) is 17.3. The van der Waals surface area contributed by atoms with Gasteiger partial charge in [-0.15, -0.1) is 0 Å². The van der Waals surface area contributed by atoms with Crippen LogP contribution in [0, 0.1) is 0 Å². The number of allylic oxidation sites excluding steroid dienone is 1. The third-order valence-electron chi connectivity index (χ3n) is 4.91. The monoisotopic (exact) mass is 436 g/mol. The molecule has 1 aliphatic rings. The predicted octanol–water partition coefficient (Wildman–Crippen LogP) is 6.71. The molecule has 0 bridgehead atoms. The Morgan fingerprint density at radius 1 is 0.900 bits per heavy atom. The molecule has 30 heavy (non-hydrogen) atoms. The molecule has 3 aromatic rings. The molecule has 1 atom stereocenters. The first-order chi connectivity index (χ1) is 14.5. The predicted molar refractivity (Wildman–Crippen MR) is 123 cm³/mol. The molecular weight excluding hydrogens is 419 g/mol. The van der Waals surface area contributed by atoms with E-state index in [9.17, 15) is 4.79 Å². The summed E-state index contributed by atoms with van der Waals surface area (Å²) >= 11 is 12.0. The number of carboxylic acids is 1. The van der Waals surface area contributed by atoms with Gasteiger partial charge in [-0.2, -0.15) is 5.10 Å². The van der Waals surface area contributed by atoms with Crippen molar-refractivity contribution >= 4 is 46.6 Å². The summed E-state index contributed by atoms with van der Waals surface area (Å²) in [5.41, 5.74) is 4.12. The van der Waals surface area contributed by atoms with Crippen LogP contribution in [-0.4, -0.2) is 16.8 Å². The van der Waals surface area contributed by atoms with Crippen LogP contribution in [0.15, 0.2) is 84.0 Å². The minimum absolute atomic E-state index is 0.0113. The number of carbonyl (C=O) groups is 1. The third-order valence-corrected chi connectivity index (χ3v) is 5.41. The van der Waals surface area contributed by atoms with Gasteiger partial charge in [0.1, 0.15) is 0 Å². The first kappa shape index (κ1) is 20.2. The molecule has 4 nitrogen and oxygen atoms in total. The van der Waals surface area contributed by atoms with E-state index in [1.165, 1.54) is 0 Å². The summed E-state index contributed by atoms with van der Waals surface area (Å²) in [6, 6.07) is 22.1. The zero-order valence-corrected chi connectivity index (χ0v) is 17.4. The van der Waals surface area contributed by atoms with Crippen molar-refractivity contribution in [2.24, 2.45) is 5.10 Å². The fourth-order valence-corrected chi connectivity index (χ4v) is 3.59. The highest BCUT2D eigenvalue weighted by molar-refractivity contribution is 6.30. The maximum Gasteiger partial charge on any atom is 0.335 e. The first-order valence-electron chi connectivity index (χ1n) is 9.39. The summed E-state index contributed by atoms with van der Waals surface area (Å²) < 4.78 is 0. The van der Waals surface area contributed by atoms with E-state index in [1.807, 2.05) is 65.7 Å². The van der Waals surface area contributed by atoms with Crippen molar-refractivity contribution in [1.82, 2.24) is 0 Å². The van der Waals surface area contributed by atoms with E-state index in [1.54, 1.807) is 24.3 Å². The maximum absolute atomic E-state index is 11.2. The molecule has 0 saturated heterocycles. The van der Waals surface area contributed by atoms with Crippen LogP contribution in [0.25, 0.3) is 6.08 Å². The Labute approximate surface area is 184 Å². The van der Waals surface area contributed by atoms with Crippen molar-refractivity contribution in [1.29, 1.82) is 0 Å². The second-order valence-corrected chi connectivity index (χ2v) is 7.82. The fraction of sp³-hybridized carbons (Fsp3) is 0.0833. The van der Waals surface area contributed by atoms with Crippen LogP contribution in [0.2, 0.25) is 10.0 Å². The highest BCUT2D eigenvalue weighted by atomic mass is 35.5. The average Bonchev–Trinajstić information content (AvgIpc) is 3.18. The van der Waals surface area contributed by atoms with Gasteiger partial charge in [0, 0.05) is 16.5 Å². The number of hydrogen-bond donors (Lipinski definition) is 1. The number of aromatic carboxylic acids is 1. The topological polar surface area (TPSA) is 52.9 Å². The van der Waals surface area contributed by atoms with Crippen molar-refractivity contribution < 1.29 is 9.90 Å². The largest absolute Gasteiger partial charge is 0.478 e. The van der Waals surface area contributed by atoms with E-state index in [-0.39, 0.29) is 11.6 Å². The Bertz CT molecular complexity index is 1110. The molecule has 0 unspecified atom stereocenters. The van der Waals surface area contributed by atoms with Gasteiger partial charge in [0.25, 0.3) is 0 Å². The number of hydrazone groups is 1. The van der Waals surface area contributed by atoms with Crippen LogP contribution in [-0.2, 0) is 0 Å². The number of rotatable bonds is 5. The van der Waals surface area contributed by atoms with Gasteiger partial charge in [0.2, 0.25) is 0 Å². The number of benzene rings is 3. The van der Waals surface area contributed by atoms with Crippen molar-refractivity contribution in [3.8, 4) is 0 Å². The number of hydrogen-bond acceptors (Lipinski definition) is 3. The van der Waals surface area contributed by atoms with Gasteiger partial charge < -0.3 is 5.11 Å². The quantitative estimate of drug-likeness (QED) is 0.483. The minimum atomic E-state index is -0.952. The SMILES string of the molecule is O=C(O)c1ccc(N2N=C(/C=C/c3ccc(Cl)cc3)C[C@H]2c2ccc(Cl)cc2)cc1. The van der Waals surface area contributed by atoms with Crippen LogP contribution in [0.4, 0.5) is 5.69 Å². The summed E-state index contributed by atoms with van der Waals surface area (Å²) in [6.07, 6.45) is 4.72. The molecule has 0 saturated carbocycles. The number of anilines is 1. The van der Waals surface area contributed by atoms with Gasteiger partial charge >= 0.3 is 5.97 Å². The van der Waals surface area contributed by atoms with E-state index in [4.69, 9.17) is 33.4 Å². The van der Waals surface area contributed by atoms with Gasteiger partial charge in [-0.3, -0.25) is 5.01 Å². The standard InChI is InChI=1S/C24H18Cl2N2O2/c25-19-8-1-16(2-9-19)3-12-21-15-23(17-4-10-20(26)11-5-17)28(27-21)22-13-6-18(7-14-22)24(29)30/h1-14,23H,15H2,(H,29,30)/b12-3+/t23-/m0/s1. The van der Waals surface area contributed by atoms with Crippen LogP contribution >= 0.6 is 23.2 Å². The van der Waals surface area contributed by atoms with Crippen LogP contribution in [0.5, 0.6) is 0 Å². The lowest BCUT2D eigenvalue weighted by atomic mass is 10.0. The Morgan fingerprint density at radius 3 is 2.10 bits per heavy atom.